The van der Waals surface area contributed by atoms with Gasteiger partial charge in [-0.25, -0.2) is 4.98 Å². The largest absolute Gasteiger partial charge is 0.497 e. The predicted octanol–water partition coefficient (Wildman–Crippen LogP) is 3.81. The van der Waals surface area contributed by atoms with E-state index in [1.165, 1.54) is 0 Å². The summed E-state index contributed by atoms with van der Waals surface area (Å²) < 4.78 is 8.68. The molecule has 1 atom stereocenters. The van der Waals surface area contributed by atoms with E-state index in [9.17, 15) is 9.59 Å². The summed E-state index contributed by atoms with van der Waals surface area (Å²) in [5.41, 5.74) is 2.80. The highest BCUT2D eigenvalue weighted by Gasteiger charge is 2.25. The molecule has 0 radical (unpaired) electrons. The zero-order chi connectivity index (χ0) is 22.9. The molecular formula is C26H28N4O3. The van der Waals surface area contributed by atoms with Gasteiger partial charge in [-0.2, -0.15) is 0 Å². The van der Waals surface area contributed by atoms with Gasteiger partial charge in [0.15, 0.2) is 0 Å². The maximum atomic E-state index is 13.6. The number of methoxy groups -OCH3 is 1. The Morgan fingerprint density at radius 2 is 1.91 bits per heavy atom. The van der Waals surface area contributed by atoms with Crippen molar-refractivity contribution < 1.29 is 9.53 Å². The summed E-state index contributed by atoms with van der Waals surface area (Å²) in [6, 6.07) is 15.6. The van der Waals surface area contributed by atoms with E-state index >= 15 is 0 Å². The van der Waals surface area contributed by atoms with Crippen molar-refractivity contribution in [3.05, 3.63) is 70.8 Å². The summed E-state index contributed by atoms with van der Waals surface area (Å²) in [5.74, 6) is 0.820. The molecule has 1 saturated heterocycles. The molecule has 2 aromatic heterocycles. The standard InChI is InChI=1S/C26H28N4O3/c1-18-7-5-6-14-29(18)23(31)16-30-22-9-4-3-8-21(22)24-25(30)26(32)28(17-27-24)15-19-10-12-20(33-2)13-11-19/h3-4,8-13,17-18H,5-7,14-16H2,1-2H3/t18-/m0/s1. The van der Waals surface area contributed by atoms with Crippen LogP contribution >= 0.6 is 0 Å². The number of ether oxygens (including phenoxy) is 1. The lowest BCUT2D eigenvalue weighted by molar-refractivity contribution is -0.134. The van der Waals surface area contributed by atoms with Gasteiger partial charge in [0.05, 0.1) is 25.5 Å². The van der Waals surface area contributed by atoms with E-state index < -0.39 is 0 Å². The van der Waals surface area contributed by atoms with Crippen molar-refractivity contribution in [2.75, 3.05) is 13.7 Å². The van der Waals surface area contributed by atoms with E-state index in [0.717, 1.165) is 48.0 Å². The van der Waals surface area contributed by atoms with Gasteiger partial charge in [-0.15, -0.1) is 0 Å². The van der Waals surface area contributed by atoms with Crippen LogP contribution in [0.4, 0.5) is 0 Å². The lowest BCUT2D eigenvalue weighted by atomic mass is 10.0. The second-order valence-corrected chi connectivity index (χ2v) is 8.76. The molecule has 1 aliphatic heterocycles. The van der Waals surface area contributed by atoms with Crippen molar-refractivity contribution in [1.82, 2.24) is 19.0 Å². The third-order valence-corrected chi connectivity index (χ3v) is 6.66. The molecule has 0 bridgehead atoms. The summed E-state index contributed by atoms with van der Waals surface area (Å²) in [7, 11) is 1.63. The zero-order valence-corrected chi connectivity index (χ0v) is 19.0. The van der Waals surface area contributed by atoms with Crippen molar-refractivity contribution in [3.8, 4) is 5.75 Å². The number of nitrogens with zero attached hydrogens (tertiary/aromatic N) is 4. The molecule has 7 heteroatoms. The van der Waals surface area contributed by atoms with E-state index in [-0.39, 0.29) is 24.1 Å². The topological polar surface area (TPSA) is 69.4 Å². The van der Waals surface area contributed by atoms with E-state index in [4.69, 9.17) is 4.74 Å². The summed E-state index contributed by atoms with van der Waals surface area (Å²) in [5, 5.41) is 0.890. The summed E-state index contributed by atoms with van der Waals surface area (Å²) >= 11 is 0. The first-order valence-electron chi connectivity index (χ1n) is 11.5. The molecule has 0 spiro atoms. The molecule has 170 valence electrons. The zero-order valence-electron chi connectivity index (χ0n) is 19.0. The highest BCUT2D eigenvalue weighted by Crippen LogP contribution is 2.26. The van der Waals surface area contributed by atoms with E-state index in [1.807, 2.05) is 58.0 Å². The number of hydrogen-bond donors (Lipinski definition) is 0. The number of rotatable bonds is 5. The smallest absolute Gasteiger partial charge is 0.278 e. The maximum Gasteiger partial charge on any atom is 0.278 e. The Kier molecular flexibility index (Phi) is 5.62. The van der Waals surface area contributed by atoms with Crippen LogP contribution < -0.4 is 10.3 Å². The molecule has 1 amide bonds. The third kappa shape index (κ3) is 3.88. The minimum atomic E-state index is -0.147. The summed E-state index contributed by atoms with van der Waals surface area (Å²) in [4.78, 5) is 33.5. The third-order valence-electron chi connectivity index (χ3n) is 6.66. The van der Waals surface area contributed by atoms with Gasteiger partial charge in [-0.1, -0.05) is 30.3 Å². The normalized spacial score (nSPS) is 16.4. The second-order valence-electron chi connectivity index (χ2n) is 8.76. The van der Waals surface area contributed by atoms with Crippen LogP contribution in [-0.2, 0) is 17.9 Å². The minimum absolute atomic E-state index is 0.0508. The molecule has 4 aromatic rings. The molecule has 0 saturated carbocycles. The summed E-state index contributed by atoms with van der Waals surface area (Å²) in [6.45, 7) is 3.41. The monoisotopic (exact) mass is 444 g/mol. The van der Waals surface area contributed by atoms with Crippen molar-refractivity contribution in [3.63, 3.8) is 0 Å². The van der Waals surface area contributed by atoms with Crippen LogP contribution in [0.2, 0.25) is 0 Å². The Morgan fingerprint density at radius 3 is 2.67 bits per heavy atom. The van der Waals surface area contributed by atoms with E-state index in [0.29, 0.717) is 17.6 Å². The number of fused-ring (bicyclic) bond motifs is 3. The minimum Gasteiger partial charge on any atom is -0.497 e. The quantitative estimate of drug-likeness (QED) is 0.469. The molecule has 3 heterocycles. The molecule has 1 aliphatic rings. The fraction of sp³-hybridized carbons (Fsp3) is 0.346. The molecule has 0 unspecified atom stereocenters. The van der Waals surface area contributed by atoms with Gasteiger partial charge in [0.2, 0.25) is 5.91 Å². The maximum absolute atomic E-state index is 13.6. The molecule has 0 aliphatic carbocycles. The Morgan fingerprint density at radius 1 is 1.12 bits per heavy atom. The van der Waals surface area contributed by atoms with Crippen LogP contribution in [-0.4, -0.2) is 44.6 Å². The second kappa shape index (κ2) is 8.73. The first-order valence-corrected chi connectivity index (χ1v) is 11.5. The number of para-hydroxylation sites is 1. The van der Waals surface area contributed by atoms with Crippen LogP contribution in [0.3, 0.4) is 0 Å². The fourth-order valence-electron chi connectivity index (χ4n) is 4.85. The first-order chi connectivity index (χ1) is 16.1. The van der Waals surface area contributed by atoms with Crippen molar-refractivity contribution in [2.24, 2.45) is 0 Å². The number of amides is 1. The number of aromatic nitrogens is 3. The number of hydrogen-bond acceptors (Lipinski definition) is 4. The van der Waals surface area contributed by atoms with Gasteiger partial charge >= 0.3 is 0 Å². The Labute approximate surface area is 192 Å². The van der Waals surface area contributed by atoms with Gasteiger partial charge in [-0.05, 0) is 49.9 Å². The predicted molar refractivity (Wildman–Crippen MR) is 129 cm³/mol. The average molecular weight is 445 g/mol. The van der Waals surface area contributed by atoms with Crippen molar-refractivity contribution in [1.29, 1.82) is 0 Å². The molecule has 33 heavy (non-hydrogen) atoms. The number of piperidine rings is 1. The number of likely N-dealkylation sites (tertiary alicyclic amines) is 1. The van der Waals surface area contributed by atoms with Crippen LogP contribution in [0, 0.1) is 0 Å². The van der Waals surface area contributed by atoms with E-state index in [2.05, 4.69) is 11.9 Å². The summed E-state index contributed by atoms with van der Waals surface area (Å²) in [6.07, 6.45) is 4.80. The molecular weight excluding hydrogens is 416 g/mol. The van der Waals surface area contributed by atoms with Gasteiger partial charge in [-0.3, -0.25) is 14.2 Å². The van der Waals surface area contributed by atoms with Gasteiger partial charge in [0.1, 0.15) is 23.3 Å². The van der Waals surface area contributed by atoms with Gasteiger partial charge in [0.25, 0.3) is 5.56 Å². The van der Waals surface area contributed by atoms with Gasteiger partial charge < -0.3 is 14.2 Å². The molecule has 7 nitrogen and oxygen atoms in total. The van der Waals surface area contributed by atoms with Crippen LogP contribution in [0.25, 0.3) is 21.9 Å². The van der Waals surface area contributed by atoms with E-state index in [1.54, 1.807) is 18.0 Å². The lowest BCUT2D eigenvalue weighted by Crippen LogP contribution is -2.43. The SMILES string of the molecule is COc1ccc(Cn2cnc3c4ccccc4n(CC(=O)N4CCCC[C@@H]4C)c3c2=O)cc1. The highest BCUT2D eigenvalue weighted by molar-refractivity contribution is 6.06. The number of carbonyl (C=O) groups excluding carboxylic acids is 1. The molecule has 5 rings (SSSR count). The molecule has 2 aromatic carbocycles. The van der Waals surface area contributed by atoms with Crippen molar-refractivity contribution >= 4 is 27.8 Å². The van der Waals surface area contributed by atoms with Crippen molar-refractivity contribution in [2.45, 2.75) is 45.3 Å². The Balaban J connectivity index is 1.58. The average Bonchev–Trinajstić information content (AvgIpc) is 3.15. The highest BCUT2D eigenvalue weighted by atomic mass is 16.5. The lowest BCUT2D eigenvalue weighted by Gasteiger charge is -2.33. The Hall–Kier alpha value is -3.61. The van der Waals surface area contributed by atoms with Crippen LogP contribution in [0.1, 0.15) is 31.7 Å². The first kappa shape index (κ1) is 21.2. The van der Waals surface area contributed by atoms with Crippen LogP contribution in [0.15, 0.2) is 59.7 Å². The number of carbonyl (C=O) groups is 1. The molecule has 0 N–H and O–H groups in total. The number of benzene rings is 2. The Bertz CT molecular complexity index is 1370. The van der Waals surface area contributed by atoms with Gasteiger partial charge in [0, 0.05) is 18.0 Å². The molecule has 1 fully saturated rings. The fourth-order valence-corrected chi connectivity index (χ4v) is 4.85. The van der Waals surface area contributed by atoms with Crippen LogP contribution in [0.5, 0.6) is 5.75 Å².